The van der Waals surface area contributed by atoms with Crippen molar-refractivity contribution in [1.82, 2.24) is 10.7 Å². The summed E-state index contributed by atoms with van der Waals surface area (Å²) >= 11 is 11.9. The van der Waals surface area contributed by atoms with E-state index in [0.29, 0.717) is 15.6 Å². The van der Waals surface area contributed by atoms with Crippen molar-refractivity contribution < 1.29 is 14.0 Å². The summed E-state index contributed by atoms with van der Waals surface area (Å²) in [6, 6.07) is 8.07. The van der Waals surface area contributed by atoms with Gasteiger partial charge in [-0.3, -0.25) is 9.59 Å². The molecule has 0 saturated carbocycles. The van der Waals surface area contributed by atoms with Crippen molar-refractivity contribution in [3.05, 3.63) is 58.0 Å². The lowest BCUT2D eigenvalue weighted by molar-refractivity contribution is -0.120. The lowest BCUT2D eigenvalue weighted by atomic mass is 10.2. The van der Waals surface area contributed by atoms with E-state index >= 15 is 0 Å². The Hall–Kier alpha value is -2.31. The molecule has 1 aromatic heterocycles. The molecule has 1 aromatic carbocycles. The number of nitrogens with one attached hydrogen (secondary N) is 2. The molecule has 0 aliphatic rings. The van der Waals surface area contributed by atoms with Crippen molar-refractivity contribution in [3.63, 3.8) is 0 Å². The summed E-state index contributed by atoms with van der Waals surface area (Å²) in [6.07, 6.45) is 2.70. The highest BCUT2D eigenvalue weighted by Crippen LogP contribution is 2.21. The maximum atomic E-state index is 11.5. The Kier molecular flexibility index (Phi) is 5.57. The number of amides is 2. The third-order valence-corrected chi connectivity index (χ3v) is 3.20. The molecule has 1 heterocycles. The second-order valence-corrected chi connectivity index (χ2v) is 4.90. The van der Waals surface area contributed by atoms with Crippen molar-refractivity contribution in [2.45, 2.75) is 0 Å². The topological polar surface area (TPSA) is 83.7 Å². The average molecular weight is 340 g/mol. The fourth-order valence-corrected chi connectivity index (χ4v) is 1.99. The van der Waals surface area contributed by atoms with Crippen LogP contribution in [0.2, 0.25) is 10.0 Å². The molecule has 0 unspecified atom stereocenters. The Morgan fingerprint density at radius 2 is 1.91 bits per heavy atom. The van der Waals surface area contributed by atoms with Crippen molar-refractivity contribution in [1.29, 1.82) is 0 Å². The molecule has 22 heavy (non-hydrogen) atoms. The number of benzene rings is 1. The predicted molar refractivity (Wildman–Crippen MR) is 83.2 cm³/mol. The number of rotatable bonds is 5. The van der Waals surface area contributed by atoms with Gasteiger partial charge in [-0.25, -0.2) is 5.43 Å². The quantitative estimate of drug-likeness (QED) is 0.648. The standard InChI is InChI=1S/C14H11Cl2N3O3/c15-10-3-1-4-11(16)9(10)7-18-19-13(20)8-17-14(21)12-5-2-6-22-12/h1-7H,8H2,(H,17,21)(H,19,20)/b18-7-. The van der Waals surface area contributed by atoms with E-state index < -0.39 is 11.8 Å². The van der Waals surface area contributed by atoms with Crippen LogP contribution in [0.25, 0.3) is 0 Å². The van der Waals surface area contributed by atoms with Gasteiger partial charge in [-0.1, -0.05) is 29.3 Å². The predicted octanol–water partition coefficient (Wildman–Crippen LogP) is 2.47. The first-order valence-electron chi connectivity index (χ1n) is 6.15. The molecule has 0 aliphatic carbocycles. The van der Waals surface area contributed by atoms with Crippen LogP contribution in [0.3, 0.4) is 0 Å². The second kappa shape index (κ2) is 7.63. The number of hydrazone groups is 1. The number of nitrogens with zero attached hydrogens (tertiary/aromatic N) is 1. The SMILES string of the molecule is O=C(CNC(=O)c1ccco1)N/N=C\c1c(Cl)cccc1Cl. The first kappa shape index (κ1) is 16.1. The Labute approximate surface area is 136 Å². The Balaban J connectivity index is 1.83. The summed E-state index contributed by atoms with van der Waals surface area (Å²) in [4.78, 5) is 23.1. The van der Waals surface area contributed by atoms with Crippen LogP contribution in [0.15, 0.2) is 46.1 Å². The van der Waals surface area contributed by atoms with Crippen molar-refractivity contribution in [2.24, 2.45) is 5.10 Å². The molecule has 0 bridgehead atoms. The normalized spacial score (nSPS) is 10.6. The van der Waals surface area contributed by atoms with E-state index in [1.165, 1.54) is 18.5 Å². The molecule has 2 amide bonds. The fourth-order valence-electron chi connectivity index (χ4n) is 1.50. The number of hydrogen-bond donors (Lipinski definition) is 2. The van der Waals surface area contributed by atoms with Gasteiger partial charge in [0.05, 0.1) is 29.1 Å². The van der Waals surface area contributed by atoms with Crippen LogP contribution in [-0.4, -0.2) is 24.6 Å². The van der Waals surface area contributed by atoms with Gasteiger partial charge in [0.2, 0.25) is 0 Å². The number of furan rings is 1. The molecule has 0 saturated heterocycles. The number of carbonyl (C=O) groups excluding carboxylic acids is 2. The van der Waals surface area contributed by atoms with Crippen molar-refractivity contribution in [3.8, 4) is 0 Å². The highest BCUT2D eigenvalue weighted by atomic mass is 35.5. The first-order chi connectivity index (χ1) is 10.6. The Bertz CT molecular complexity index is 679. The van der Waals surface area contributed by atoms with Crippen LogP contribution in [0.4, 0.5) is 0 Å². The van der Waals surface area contributed by atoms with Gasteiger partial charge >= 0.3 is 0 Å². The molecule has 8 heteroatoms. The van der Waals surface area contributed by atoms with Gasteiger partial charge in [-0.05, 0) is 24.3 Å². The summed E-state index contributed by atoms with van der Waals surface area (Å²) in [5.74, 6) is -0.864. The van der Waals surface area contributed by atoms with Gasteiger partial charge in [0.15, 0.2) is 5.76 Å². The largest absolute Gasteiger partial charge is 0.459 e. The molecule has 114 valence electrons. The van der Waals surface area contributed by atoms with E-state index in [4.69, 9.17) is 27.6 Å². The smallest absolute Gasteiger partial charge is 0.287 e. The van der Waals surface area contributed by atoms with E-state index in [-0.39, 0.29) is 12.3 Å². The van der Waals surface area contributed by atoms with E-state index in [1.54, 1.807) is 24.3 Å². The molecule has 2 aromatic rings. The minimum atomic E-state index is -0.501. The number of carbonyl (C=O) groups is 2. The number of hydrogen-bond acceptors (Lipinski definition) is 4. The van der Waals surface area contributed by atoms with Crippen molar-refractivity contribution >= 4 is 41.2 Å². The zero-order valence-corrected chi connectivity index (χ0v) is 12.7. The number of halogens is 2. The van der Waals surface area contributed by atoms with E-state index in [2.05, 4.69) is 15.8 Å². The van der Waals surface area contributed by atoms with Crippen molar-refractivity contribution in [2.75, 3.05) is 6.54 Å². The highest BCUT2D eigenvalue weighted by Gasteiger charge is 2.09. The third-order valence-electron chi connectivity index (χ3n) is 2.54. The van der Waals surface area contributed by atoms with Crippen LogP contribution >= 0.6 is 23.2 Å². The van der Waals surface area contributed by atoms with E-state index in [1.807, 2.05) is 0 Å². The summed E-state index contributed by atoms with van der Waals surface area (Å²) in [6.45, 7) is -0.243. The third kappa shape index (κ3) is 4.34. The van der Waals surface area contributed by atoms with Gasteiger partial charge in [-0.15, -0.1) is 0 Å². The van der Waals surface area contributed by atoms with Crippen LogP contribution < -0.4 is 10.7 Å². The summed E-state index contributed by atoms with van der Waals surface area (Å²) < 4.78 is 4.89. The minimum absolute atomic E-state index is 0.124. The molecule has 6 nitrogen and oxygen atoms in total. The summed E-state index contributed by atoms with van der Waals surface area (Å²) in [5.41, 5.74) is 2.75. The van der Waals surface area contributed by atoms with E-state index in [9.17, 15) is 9.59 Å². The fraction of sp³-hybridized carbons (Fsp3) is 0.0714. The lowest BCUT2D eigenvalue weighted by Crippen LogP contribution is -2.34. The minimum Gasteiger partial charge on any atom is -0.459 e. The van der Waals surface area contributed by atoms with E-state index in [0.717, 1.165) is 0 Å². The zero-order chi connectivity index (χ0) is 15.9. The molecular weight excluding hydrogens is 329 g/mol. The molecule has 0 fully saturated rings. The summed E-state index contributed by atoms with van der Waals surface area (Å²) in [7, 11) is 0. The molecule has 0 radical (unpaired) electrons. The Morgan fingerprint density at radius 1 is 1.18 bits per heavy atom. The monoisotopic (exact) mass is 339 g/mol. The molecular formula is C14H11Cl2N3O3. The highest BCUT2D eigenvalue weighted by molar-refractivity contribution is 6.38. The molecule has 0 spiro atoms. The van der Waals surface area contributed by atoms with Crippen LogP contribution in [0.5, 0.6) is 0 Å². The van der Waals surface area contributed by atoms with Crippen LogP contribution in [-0.2, 0) is 4.79 Å². The lowest BCUT2D eigenvalue weighted by Gasteiger charge is -2.03. The van der Waals surface area contributed by atoms with Gasteiger partial charge in [0.1, 0.15) is 0 Å². The molecule has 2 N–H and O–H groups in total. The average Bonchev–Trinajstić information content (AvgIpc) is 3.02. The maximum Gasteiger partial charge on any atom is 0.287 e. The molecule has 2 rings (SSSR count). The van der Waals surface area contributed by atoms with Gasteiger partial charge in [-0.2, -0.15) is 5.10 Å². The Morgan fingerprint density at radius 3 is 2.55 bits per heavy atom. The molecule has 0 aliphatic heterocycles. The van der Waals surface area contributed by atoms with Crippen LogP contribution in [0.1, 0.15) is 16.1 Å². The molecule has 0 atom stereocenters. The summed E-state index contributed by atoms with van der Waals surface area (Å²) in [5, 5.41) is 6.95. The van der Waals surface area contributed by atoms with Gasteiger partial charge in [0, 0.05) is 5.56 Å². The van der Waals surface area contributed by atoms with Crippen LogP contribution in [0, 0.1) is 0 Å². The van der Waals surface area contributed by atoms with Gasteiger partial charge in [0.25, 0.3) is 11.8 Å². The first-order valence-corrected chi connectivity index (χ1v) is 6.91. The second-order valence-electron chi connectivity index (χ2n) is 4.09. The van der Waals surface area contributed by atoms with Gasteiger partial charge < -0.3 is 9.73 Å². The maximum absolute atomic E-state index is 11.5. The zero-order valence-electron chi connectivity index (χ0n) is 11.2.